The van der Waals surface area contributed by atoms with E-state index in [0.29, 0.717) is 30.9 Å². The molecule has 0 spiro atoms. The van der Waals surface area contributed by atoms with Gasteiger partial charge < -0.3 is 25.6 Å². The fourth-order valence-corrected chi connectivity index (χ4v) is 3.17. The predicted molar refractivity (Wildman–Crippen MR) is 119 cm³/mol. The minimum absolute atomic E-state index is 0.480. The molecule has 0 amide bonds. The first-order valence-electron chi connectivity index (χ1n) is 10.3. The fourth-order valence-electron chi connectivity index (χ4n) is 3.17. The van der Waals surface area contributed by atoms with Crippen LogP contribution < -0.4 is 25.6 Å². The lowest BCUT2D eigenvalue weighted by atomic mass is 10.2. The SMILES string of the molecule is COc1cccc(CNc2nc(NCc3cnc(C)cn3)nc(N3CCNCC3)n2)c1. The largest absolute Gasteiger partial charge is 0.497 e. The Labute approximate surface area is 181 Å². The summed E-state index contributed by atoms with van der Waals surface area (Å²) in [6, 6.07) is 7.90. The maximum Gasteiger partial charge on any atom is 0.232 e. The Balaban J connectivity index is 1.51. The standard InChI is InChI=1S/C21H27N9O/c1-15-11-24-17(13-23-15)14-26-20-27-19(25-12-16-4-3-5-18(10-16)31-2)28-21(29-20)30-8-6-22-7-9-30/h3-5,10-11,13,22H,6-9,12,14H2,1-2H3,(H2,25,26,27,28,29). The van der Waals surface area contributed by atoms with Gasteiger partial charge in [-0.2, -0.15) is 15.0 Å². The van der Waals surface area contributed by atoms with E-state index in [-0.39, 0.29) is 0 Å². The molecule has 162 valence electrons. The maximum absolute atomic E-state index is 5.30. The molecule has 1 aliphatic rings. The van der Waals surface area contributed by atoms with Crippen molar-refractivity contribution in [1.29, 1.82) is 0 Å². The van der Waals surface area contributed by atoms with Crippen LogP contribution in [0.25, 0.3) is 0 Å². The Bertz CT molecular complexity index is 990. The second-order valence-electron chi connectivity index (χ2n) is 7.23. The molecular formula is C21H27N9O. The minimum atomic E-state index is 0.480. The summed E-state index contributed by atoms with van der Waals surface area (Å²) in [5, 5.41) is 9.91. The zero-order valence-electron chi connectivity index (χ0n) is 17.8. The lowest BCUT2D eigenvalue weighted by Gasteiger charge is -2.27. The predicted octanol–water partition coefficient (Wildman–Crippen LogP) is 1.61. The van der Waals surface area contributed by atoms with Gasteiger partial charge >= 0.3 is 0 Å². The number of nitrogens with zero attached hydrogens (tertiary/aromatic N) is 6. The van der Waals surface area contributed by atoms with Crippen LogP contribution in [0, 0.1) is 6.92 Å². The summed E-state index contributed by atoms with van der Waals surface area (Å²) in [6.45, 7) is 6.47. The number of rotatable bonds is 8. The van der Waals surface area contributed by atoms with E-state index in [1.54, 1.807) is 19.5 Å². The number of aromatic nitrogens is 5. The summed E-state index contributed by atoms with van der Waals surface area (Å²) < 4.78 is 5.30. The fraction of sp³-hybridized carbons (Fsp3) is 0.381. The molecule has 1 aromatic carbocycles. The minimum Gasteiger partial charge on any atom is -0.497 e. The molecule has 31 heavy (non-hydrogen) atoms. The van der Waals surface area contributed by atoms with Crippen molar-refractivity contribution in [2.75, 3.05) is 48.8 Å². The molecule has 1 saturated heterocycles. The van der Waals surface area contributed by atoms with Crippen LogP contribution in [0.4, 0.5) is 17.8 Å². The Morgan fingerprint density at radius 1 is 1.00 bits per heavy atom. The maximum atomic E-state index is 5.30. The van der Waals surface area contributed by atoms with E-state index in [1.807, 2.05) is 31.2 Å². The lowest BCUT2D eigenvalue weighted by Crippen LogP contribution is -2.44. The van der Waals surface area contributed by atoms with E-state index in [1.165, 1.54) is 0 Å². The molecule has 3 N–H and O–H groups in total. The van der Waals surface area contributed by atoms with E-state index in [9.17, 15) is 0 Å². The van der Waals surface area contributed by atoms with Gasteiger partial charge in [0.05, 0.1) is 31.2 Å². The molecule has 0 bridgehead atoms. The molecule has 0 unspecified atom stereocenters. The summed E-state index contributed by atoms with van der Waals surface area (Å²) in [6.07, 6.45) is 3.50. The van der Waals surface area contributed by atoms with Crippen LogP contribution >= 0.6 is 0 Å². The summed E-state index contributed by atoms with van der Waals surface area (Å²) in [5.74, 6) is 2.49. The molecule has 0 saturated carbocycles. The highest BCUT2D eigenvalue weighted by molar-refractivity contribution is 5.45. The van der Waals surface area contributed by atoms with Crippen LogP contribution in [0.15, 0.2) is 36.7 Å². The first kappa shape index (κ1) is 20.7. The van der Waals surface area contributed by atoms with E-state index in [2.05, 4.69) is 45.8 Å². The van der Waals surface area contributed by atoms with Crippen LogP contribution in [0.3, 0.4) is 0 Å². The van der Waals surface area contributed by atoms with Crippen molar-refractivity contribution >= 4 is 17.8 Å². The molecule has 1 aliphatic heterocycles. The van der Waals surface area contributed by atoms with Crippen LogP contribution in [-0.2, 0) is 13.1 Å². The highest BCUT2D eigenvalue weighted by Crippen LogP contribution is 2.17. The Morgan fingerprint density at radius 2 is 1.77 bits per heavy atom. The third kappa shape index (κ3) is 5.76. The van der Waals surface area contributed by atoms with Gasteiger partial charge in [0, 0.05) is 38.9 Å². The van der Waals surface area contributed by atoms with Crippen molar-refractivity contribution in [2.45, 2.75) is 20.0 Å². The van der Waals surface area contributed by atoms with Gasteiger partial charge in [-0.05, 0) is 24.6 Å². The average Bonchev–Trinajstić information content (AvgIpc) is 2.83. The van der Waals surface area contributed by atoms with Crippen molar-refractivity contribution < 1.29 is 4.74 Å². The van der Waals surface area contributed by atoms with Gasteiger partial charge in [0.15, 0.2) is 0 Å². The van der Waals surface area contributed by atoms with E-state index in [0.717, 1.165) is 48.9 Å². The van der Waals surface area contributed by atoms with Crippen LogP contribution in [0.1, 0.15) is 17.0 Å². The number of anilines is 3. The lowest BCUT2D eigenvalue weighted by molar-refractivity contribution is 0.414. The third-order valence-electron chi connectivity index (χ3n) is 4.87. The molecule has 10 nitrogen and oxygen atoms in total. The van der Waals surface area contributed by atoms with Gasteiger partial charge in [-0.3, -0.25) is 9.97 Å². The van der Waals surface area contributed by atoms with Gasteiger partial charge in [-0.25, -0.2) is 0 Å². The van der Waals surface area contributed by atoms with Crippen molar-refractivity contribution in [3.8, 4) is 5.75 Å². The number of methoxy groups -OCH3 is 1. The van der Waals surface area contributed by atoms with E-state index < -0.39 is 0 Å². The van der Waals surface area contributed by atoms with Crippen LogP contribution in [0.2, 0.25) is 0 Å². The molecule has 1 fully saturated rings. The molecule has 0 aliphatic carbocycles. The van der Waals surface area contributed by atoms with E-state index >= 15 is 0 Å². The Hall–Kier alpha value is -3.53. The van der Waals surface area contributed by atoms with Crippen molar-refractivity contribution in [2.24, 2.45) is 0 Å². The summed E-state index contributed by atoms with van der Waals surface area (Å²) in [5.41, 5.74) is 2.78. The van der Waals surface area contributed by atoms with E-state index in [4.69, 9.17) is 4.74 Å². The van der Waals surface area contributed by atoms with Crippen LogP contribution in [-0.4, -0.2) is 58.2 Å². The Kier molecular flexibility index (Phi) is 6.68. The zero-order valence-corrected chi connectivity index (χ0v) is 17.8. The summed E-state index contributed by atoms with van der Waals surface area (Å²) in [7, 11) is 1.66. The van der Waals surface area contributed by atoms with Gasteiger partial charge in [0.1, 0.15) is 5.75 Å². The van der Waals surface area contributed by atoms with Crippen molar-refractivity contribution in [1.82, 2.24) is 30.2 Å². The quantitative estimate of drug-likeness (QED) is 0.496. The molecular weight excluding hydrogens is 394 g/mol. The highest BCUT2D eigenvalue weighted by Gasteiger charge is 2.16. The average molecular weight is 422 g/mol. The molecule has 0 atom stereocenters. The second kappa shape index (κ2) is 9.98. The van der Waals surface area contributed by atoms with Crippen molar-refractivity contribution in [3.63, 3.8) is 0 Å². The van der Waals surface area contributed by atoms with Crippen molar-refractivity contribution in [3.05, 3.63) is 53.6 Å². The van der Waals surface area contributed by atoms with Gasteiger partial charge in [-0.1, -0.05) is 12.1 Å². The van der Waals surface area contributed by atoms with Gasteiger partial charge in [-0.15, -0.1) is 0 Å². The molecule has 0 radical (unpaired) electrons. The number of hydrogen-bond donors (Lipinski definition) is 3. The zero-order chi connectivity index (χ0) is 21.5. The second-order valence-corrected chi connectivity index (χ2v) is 7.23. The number of benzene rings is 1. The molecule has 4 rings (SSSR count). The van der Waals surface area contributed by atoms with Crippen LogP contribution in [0.5, 0.6) is 5.75 Å². The molecule has 2 aromatic heterocycles. The summed E-state index contributed by atoms with van der Waals surface area (Å²) >= 11 is 0. The first-order chi connectivity index (χ1) is 15.2. The number of piperazine rings is 1. The number of nitrogens with one attached hydrogen (secondary N) is 3. The third-order valence-corrected chi connectivity index (χ3v) is 4.87. The smallest absolute Gasteiger partial charge is 0.232 e. The summed E-state index contributed by atoms with van der Waals surface area (Å²) in [4.78, 5) is 24.6. The normalized spacial score (nSPS) is 13.7. The van der Waals surface area contributed by atoms with Gasteiger partial charge in [0.2, 0.25) is 17.8 Å². The van der Waals surface area contributed by atoms with Gasteiger partial charge in [0.25, 0.3) is 0 Å². The molecule has 3 heterocycles. The first-order valence-corrected chi connectivity index (χ1v) is 10.3. The number of aryl methyl sites for hydroxylation is 1. The monoisotopic (exact) mass is 421 g/mol. The number of ether oxygens (including phenoxy) is 1. The molecule has 3 aromatic rings. The highest BCUT2D eigenvalue weighted by atomic mass is 16.5. The topological polar surface area (TPSA) is 113 Å². The number of hydrogen-bond acceptors (Lipinski definition) is 10. The molecule has 10 heteroatoms. The Morgan fingerprint density at radius 3 is 2.48 bits per heavy atom.